The number of carbonyl (C=O) groups is 2. The molecule has 3 rings (SSSR count). The lowest BCUT2D eigenvalue weighted by Crippen LogP contribution is -2.46. The molecule has 1 atom stereocenters. The van der Waals surface area contributed by atoms with Crippen molar-refractivity contribution in [1.29, 1.82) is 0 Å². The van der Waals surface area contributed by atoms with Crippen LogP contribution in [-0.4, -0.2) is 76.6 Å². The van der Waals surface area contributed by atoms with Gasteiger partial charge in [0.25, 0.3) is 0 Å². The van der Waals surface area contributed by atoms with Gasteiger partial charge < -0.3 is 29.6 Å². The van der Waals surface area contributed by atoms with Crippen LogP contribution in [0, 0.1) is 0 Å². The average molecular weight is 393 g/mol. The molecule has 154 valence electrons. The Morgan fingerprint density at radius 2 is 1.89 bits per heavy atom. The first-order chi connectivity index (χ1) is 13.7. The van der Waals surface area contributed by atoms with Crippen LogP contribution in [0.3, 0.4) is 0 Å². The van der Waals surface area contributed by atoms with Gasteiger partial charge in [-0.1, -0.05) is 6.07 Å². The van der Waals surface area contributed by atoms with E-state index in [1.54, 1.807) is 7.11 Å². The normalized spacial score (nSPS) is 17.2. The van der Waals surface area contributed by atoms with Crippen molar-refractivity contribution in [2.75, 3.05) is 59.9 Å². The smallest absolute Gasteiger partial charge is 0.309 e. The van der Waals surface area contributed by atoms with E-state index < -0.39 is 11.8 Å². The SMILES string of the molecule is COCCCNC(=O)C(=O)NC[C@H](c1ccc2c(c1)OCO2)N1CCOCC1. The number of rotatable bonds is 8. The molecule has 2 heterocycles. The summed E-state index contributed by atoms with van der Waals surface area (Å²) >= 11 is 0. The third kappa shape index (κ3) is 5.34. The number of nitrogens with one attached hydrogen (secondary N) is 2. The largest absolute Gasteiger partial charge is 0.454 e. The molecule has 0 radical (unpaired) electrons. The van der Waals surface area contributed by atoms with Crippen LogP contribution in [0.2, 0.25) is 0 Å². The molecule has 1 aromatic rings. The van der Waals surface area contributed by atoms with Crippen LogP contribution in [0.15, 0.2) is 18.2 Å². The van der Waals surface area contributed by atoms with E-state index in [9.17, 15) is 9.59 Å². The maximum atomic E-state index is 12.2. The summed E-state index contributed by atoms with van der Waals surface area (Å²) in [6.07, 6.45) is 0.656. The molecule has 0 unspecified atom stereocenters. The molecule has 9 heteroatoms. The summed E-state index contributed by atoms with van der Waals surface area (Å²) in [5.74, 6) is 0.126. The van der Waals surface area contributed by atoms with Crippen LogP contribution in [0.25, 0.3) is 0 Å². The van der Waals surface area contributed by atoms with Crippen molar-refractivity contribution < 1.29 is 28.5 Å². The van der Waals surface area contributed by atoms with E-state index in [4.69, 9.17) is 18.9 Å². The van der Waals surface area contributed by atoms with Crippen molar-refractivity contribution in [3.05, 3.63) is 23.8 Å². The molecule has 2 N–H and O–H groups in total. The number of ether oxygens (including phenoxy) is 4. The van der Waals surface area contributed by atoms with Gasteiger partial charge >= 0.3 is 11.8 Å². The van der Waals surface area contributed by atoms with Gasteiger partial charge in [0.05, 0.1) is 19.3 Å². The summed E-state index contributed by atoms with van der Waals surface area (Å²) in [7, 11) is 1.59. The molecule has 0 aliphatic carbocycles. The summed E-state index contributed by atoms with van der Waals surface area (Å²) in [6, 6.07) is 5.67. The maximum absolute atomic E-state index is 12.2. The zero-order valence-corrected chi connectivity index (χ0v) is 16.1. The fraction of sp³-hybridized carbons (Fsp3) is 0.579. The van der Waals surface area contributed by atoms with Gasteiger partial charge in [-0.05, 0) is 24.1 Å². The van der Waals surface area contributed by atoms with Gasteiger partial charge in [0.1, 0.15) is 0 Å². The lowest BCUT2D eigenvalue weighted by molar-refractivity contribution is -0.139. The number of methoxy groups -OCH3 is 1. The number of hydrogen-bond acceptors (Lipinski definition) is 7. The first kappa shape index (κ1) is 20.4. The Labute approximate surface area is 164 Å². The van der Waals surface area contributed by atoms with E-state index >= 15 is 0 Å². The fourth-order valence-corrected chi connectivity index (χ4v) is 3.24. The second kappa shape index (κ2) is 10.3. The minimum atomic E-state index is -0.642. The van der Waals surface area contributed by atoms with Crippen LogP contribution in [0.5, 0.6) is 11.5 Å². The zero-order valence-electron chi connectivity index (χ0n) is 16.1. The van der Waals surface area contributed by atoms with Crippen molar-refractivity contribution in [3.8, 4) is 11.5 Å². The van der Waals surface area contributed by atoms with E-state index in [-0.39, 0.29) is 12.8 Å². The summed E-state index contributed by atoms with van der Waals surface area (Å²) in [4.78, 5) is 26.4. The van der Waals surface area contributed by atoms with Gasteiger partial charge in [-0.2, -0.15) is 0 Å². The van der Waals surface area contributed by atoms with Crippen molar-refractivity contribution in [1.82, 2.24) is 15.5 Å². The van der Waals surface area contributed by atoms with Gasteiger partial charge in [-0.25, -0.2) is 0 Å². The minimum Gasteiger partial charge on any atom is -0.454 e. The van der Waals surface area contributed by atoms with Crippen LogP contribution in [0.1, 0.15) is 18.0 Å². The number of fused-ring (bicyclic) bond motifs is 1. The zero-order chi connectivity index (χ0) is 19.8. The number of carbonyl (C=O) groups excluding carboxylic acids is 2. The monoisotopic (exact) mass is 393 g/mol. The number of hydrogen-bond donors (Lipinski definition) is 2. The van der Waals surface area contributed by atoms with Gasteiger partial charge in [0.15, 0.2) is 11.5 Å². The topological polar surface area (TPSA) is 98.4 Å². The Balaban J connectivity index is 1.61. The standard InChI is InChI=1S/C19H27N3O6/c1-25-8-2-5-20-18(23)19(24)21-12-15(22-6-9-26-10-7-22)14-3-4-16-17(11-14)28-13-27-16/h3-4,11,15H,2,5-10,12-13H2,1H3,(H,20,23)(H,21,24)/t15-/m1/s1. The Kier molecular flexibility index (Phi) is 7.46. The van der Waals surface area contributed by atoms with E-state index in [1.807, 2.05) is 18.2 Å². The molecule has 2 aliphatic rings. The molecule has 0 aromatic heterocycles. The van der Waals surface area contributed by atoms with Crippen molar-refractivity contribution in [2.24, 2.45) is 0 Å². The predicted molar refractivity (Wildman–Crippen MR) is 100 cm³/mol. The average Bonchev–Trinajstić information content (AvgIpc) is 3.20. The summed E-state index contributed by atoms with van der Waals surface area (Å²) in [6.45, 7) is 4.21. The summed E-state index contributed by atoms with van der Waals surface area (Å²) < 4.78 is 21.2. The molecule has 2 amide bonds. The summed E-state index contributed by atoms with van der Waals surface area (Å²) in [5.41, 5.74) is 0.993. The molecule has 1 aromatic carbocycles. The molecular formula is C19H27N3O6. The third-order valence-electron chi connectivity index (χ3n) is 4.74. The Morgan fingerprint density at radius 1 is 1.14 bits per heavy atom. The van der Waals surface area contributed by atoms with E-state index in [0.29, 0.717) is 50.8 Å². The second-order valence-electron chi connectivity index (χ2n) is 6.59. The Hall–Kier alpha value is -2.36. The molecule has 0 spiro atoms. The number of amides is 2. The molecule has 1 fully saturated rings. The summed E-state index contributed by atoms with van der Waals surface area (Å²) in [5, 5.41) is 5.34. The van der Waals surface area contributed by atoms with E-state index in [2.05, 4.69) is 15.5 Å². The Bertz CT molecular complexity index is 678. The third-order valence-corrected chi connectivity index (χ3v) is 4.74. The lowest BCUT2D eigenvalue weighted by Gasteiger charge is -2.34. The highest BCUT2D eigenvalue weighted by molar-refractivity contribution is 6.35. The molecule has 0 saturated carbocycles. The van der Waals surface area contributed by atoms with Crippen molar-refractivity contribution in [3.63, 3.8) is 0 Å². The number of nitrogens with zero attached hydrogens (tertiary/aromatic N) is 1. The first-order valence-corrected chi connectivity index (χ1v) is 9.45. The highest BCUT2D eigenvalue weighted by Crippen LogP contribution is 2.35. The van der Waals surface area contributed by atoms with Gasteiger partial charge in [0, 0.05) is 39.9 Å². The van der Waals surface area contributed by atoms with Gasteiger partial charge in [0.2, 0.25) is 6.79 Å². The minimum absolute atomic E-state index is 0.0939. The quantitative estimate of drug-likeness (QED) is 0.476. The van der Waals surface area contributed by atoms with E-state index in [1.165, 1.54) is 0 Å². The van der Waals surface area contributed by atoms with Crippen LogP contribution >= 0.6 is 0 Å². The highest BCUT2D eigenvalue weighted by atomic mass is 16.7. The number of morpholine rings is 1. The first-order valence-electron chi connectivity index (χ1n) is 9.45. The van der Waals surface area contributed by atoms with Crippen molar-refractivity contribution in [2.45, 2.75) is 12.5 Å². The lowest BCUT2D eigenvalue weighted by atomic mass is 10.0. The Morgan fingerprint density at radius 3 is 2.68 bits per heavy atom. The van der Waals surface area contributed by atoms with Crippen LogP contribution in [0.4, 0.5) is 0 Å². The van der Waals surface area contributed by atoms with Crippen LogP contribution < -0.4 is 20.1 Å². The molecule has 9 nitrogen and oxygen atoms in total. The molecule has 1 saturated heterocycles. The molecule has 28 heavy (non-hydrogen) atoms. The predicted octanol–water partition coefficient (Wildman–Crippen LogP) is 0.0575. The van der Waals surface area contributed by atoms with Crippen molar-refractivity contribution >= 4 is 11.8 Å². The van der Waals surface area contributed by atoms with Gasteiger partial charge in [-0.15, -0.1) is 0 Å². The molecular weight excluding hydrogens is 366 g/mol. The second-order valence-corrected chi connectivity index (χ2v) is 6.59. The van der Waals surface area contributed by atoms with E-state index in [0.717, 1.165) is 18.7 Å². The highest BCUT2D eigenvalue weighted by Gasteiger charge is 2.26. The molecule has 0 bridgehead atoms. The van der Waals surface area contributed by atoms with Gasteiger partial charge in [-0.3, -0.25) is 14.5 Å². The fourth-order valence-electron chi connectivity index (χ4n) is 3.24. The number of benzene rings is 1. The van der Waals surface area contributed by atoms with Crippen LogP contribution in [-0.2, 0) is 19.1 Å². The molecule has 2 aliphatic heterocycles. The maximum Gasteiger partial charge on any atom is 0.309 e.